The predicted octanol–water partition coefficient (Wildman–Crippen LogP) is 3.05. The first-order valence-electron chi connectivity index (χ1n) is 7.17. The summed E-state index contributed by atoms with van der Waals surface area (Å²) in [4.78, 5) is 26.2. The molecule has 4 heteroatoms. The number of benzene rings is 2. The number of ether oxygens (including phenoxy) is 1. The summed E-state index contributed by atoms with van der Waals surface area (Å²) in [6.45, 7) is 1.98. The lowest BCUT2D eigenvalue weighted by Gasteiger charge is -2.15. The molecule has 0 aliphatic carbocycles. The van der Waals surface area contributed by atoms with Gasteiger partial charge in [0.05, 0.1) is 18.7 Å². The van der Waals surface area contributed by atoms with E-state index in [1.165, 1.54) is 4.90 Å². The largest absolute Gasteiger partial charge is 0.497 e. The van der Waals surface area contributed by atoms with E-state index in [0.717, 1.165) is 11.1 Å². The van der Waals surface area contributed by atoms with Crippen LogP contribution >= 0.6 is 0 Å². The molecule has 0 spiro atoms. The highest BCUT2D eigenvalue weighted by atomic mass is 16.5. The minimum atomic E-state index is -0.394. The van der Waals surface area contributed by atoms with Crippen molar-refractivity contribution in [2.75, 3.05) is 12.0 Å². The number of hydrogen-bond donors (Lipinski definition) is 0. The maximum absolute atomic E-state index is 12.7. The van der Waals surface area contributed by atoms with E-state index in [4.69, 9.17) is 4.74 Å². The van der Waals surface area contributed by atoms with Gasteiger partial charge in [-0.25, -0.2) is 0 Å². The van der Waals surface area contributed by atoms with Crippen LogP contribution in [-0.2, 0) is 9.59 Å². The lowest BCUT2D eigenvalue weighted by atomic mass is 9.96. The highest BCUT2D eigenvalue weighted by Gasteiger charge is 2.40. The Labute approximate surface area is 129 Å². The van der Waals surface area contributed by atoms with E-state index in [1.54, 1.807) is 31.4 Å². The quantitative estimate of drug-likeness (QED) is 0.818. The Morgan fingerprint density at radius 3 is 2.45 bits per heavy atom. The van der Waals surface area contributed by atoms with Crippen LogP contribution in [0.2, 0.25) is 0 Å². The molecule has 1 heterocycles. The fourth-order valence-electron chi connectivity index (χ4n) is 2.78. The van der Waals surface area contributed by atoms with E-state index in [1.807, 2.05) is 31.2 Å². The van der Waals surface area contributed by atoms with Gasteiger partial charge in [0.15, 0.2) is 0 Å². The molecule has 0 bridgehead atoms. The van der Waals surface area contributed by atoms with Gasteiger partial charge in [-0.05, 0) is 36.8 Å². The van der Waals surface area contributed by atoms with Crippen molar-refractivity contribution < 1.29 is 14.3 Å². The summed E-state index contributed by atoms with van der Waals surface area (Å²) in [5.74, 6) is -0.0324. The second kappa shape index (κ2) is 5.64. The monoisotopic (exact) mass is 295 g/mol. The van der Waals surface area contributed by atoms with Crippen molar-refractivity contribution in [3.8, 4) is 5.75 Å². The Hall–Kier alpha value is -2.62. The minimum Gasteiger partial charge on any atom is -0.497 e. The zero-order chi connectivity index (χ0) is 15.7. The molecule has 1 aliphatic rings. The normalized spacial score (nSPS) is 17.9. The second-order valence-corrected chi connectivity index (χ2v) is 5.44. The average Bonchev–Trinajstić information content (AvgIpc) is 2.82. The number of aryl methyl sites for hydroxylation is 1. The van der Waals surface area contributed by atoms with E-state index in [9.17, 15) is 9.59 Å². The number of hydrogen-bond acceptors (Lipinski definition) is 3. The van der Waals surface area contributed by atoms with Crippen LogP contribution in [0.3, 0.4) is 0 Å². The van der Waals surface area contributed by atoms with E-state index in [2.05, 4.69) is 0 Å². The van der Waals surface area contributed by atoms with Crippen LogP contribution in [-0.4, -0.2) is 18.9 Å². The number of imide groups is 1. The lowest BCUT2D eigenvalue weighted by molar-refractivity contribution is -0.121. The number of carbonyl (C=O) groups excluding carboxylic acids is 2. The van der Waals surface area contributed by atoms with Gasteiger partial charge in [0, 0.05) is 6.42 Å². The molecule has 0 aromatic heterocycles. The molecule has 3 rings (SSSR count). The van der Waals surface area contributed by atoms with Crippen molar-refractivity contribution in [1.29, 1.82) is 0 Å². The van der Waals surface area contributed by atoms with E-state index in [0.29, 0.717) is 11.4 Å². The van der Waals surface area contributed by atoms with Crippen LogP contribution in [0.25, 0.3) is 0 Å². The summed E-state index contributed by atoms with van der Waals surface area (Å²) in [7, 11) is 1.58. The Balaban J connectivity index is 1.91. The standard InChI is InChI=1S/C18H17NO3/c1-12-4-3-5-13(10-12)16-11-17(20)19(18(16)21)14-6-8-15(22-2)9-7-14/h3-10,16H,11H2,1-2H3/t16-/m1/s1. The first-order valence-corrected chi connectivity index (χ1v) is 7.17. The van der Waals surface area contributed by atoms with Crippen molar-refractivity contribution >= 4 is 17.5 Å². The fourth-order valence-corrected chi connectivity index (χ4v) is 2.78. The molecular formula is C18H17NO3. The van der Waals surface area contributed by atoms with Gasteiger partial charge in [-0.1, -0.05) is 29.8 Å². The molecule has 22 heavy (non-hydrogen) atoms. The number of rotatable bonds is 3. The molecule has 1 fully saturated rings. The van der Waals surface area contributed by atoms with Crippen LogP contribution in [0.15, 0.2) is 48.5 Å². The van der Waals surface area contributed by atoms with Crippen LogP contribution < -0.4 is 9.64 Å². The molecular weight excluding hydrogens is 278 g/mol. The van der Waals surface area contributed by atoms with Crippen molar-refractivity contribution in [3.63, 3.8) is 0 Å². The summed E-state index contributed by atoms with van der Waals surface area (Å²) in [5.41, 5.74) is 2.57. The summed E-state index contributed by atoms with van der Waals surface area (Å²) in [5, 5.41) is 0. The van der Waals surface area contributed by atoms with Crippen LogP contribution in [0, 0.1) is 6.92 Å². The number of anilines is 1. The molecule has 0 radical (unpaired) electrons. The van der Waals surface area contributed by atoms with Gasteiger partial charge in [0.25, 0.3) is 0 Å². The molecule has 1 aliphatic heterocycles. The predicted molar refractivity (Wildman–Crippen MR) is 84.0 cm³/mol. The first kappa shape index (κ1) is 14.3. The zero-order valence-electron chi connectivity index (χ0n) is 12.6. The van der Waals surface area contributed by atoms with E-state index in [-0.39, 0.29) is 18.2 Å². The first-order chi connectivity index (χ1) is 10.6. The van der Waals surface area contributed by atoms with Gasteiger partial charge in [-0.2, -0.15) is 0 Å². The SMILES string of the molecule is COc1ccc(N2C(=O)C[C@H](c3cccc(C)c3)C2=O)cc1. The third-order valence-electron chi connectivity index (χ3n) is 3.92. The topological polar surface area (TPSA) is 46.6 Å². The molecule has 112 valence electrons. The molecule has 0 unspecified atom stereocenters. The Kier molecular flexibility index (Phi) is 3.67. The highest BCUT2D eigenvalue weighted by molar-refractivity contribution is 6.22. The second-order valence-electron chi connectivity index (χ2n) is 5.44. The van der Waals surface area contributed by atoms with Crippen molar-refractivity contribution in [2.45, 2.75) is 19.3 Å². The van der Waals surface area contributed by atoms with E-state index < -0.39 is 5.92 Å². The van der Waals surface area contributed by atoms with Crippen LogP contribution in [0.4, 0.5) is 5.69 Å². The van der Waals surface area contributed by atoms with Gasteiger partial charge in [0.2, 0.25) is 11.8 Å². The van der Waals surface area contributed by atoms with Crippen molar-refractivity contribution in [3.05, 3.63) is 59.7 Å². The van der Waals surface area contributed by atoms with Crippen LogP contribution in [0.5, 0.6) is 5.75 Å². The molecule has 2 aromatic rings. The average molecular weight is 295 g/mol. The zero-order valence-corrected chi connectivity index (χ0v) is 12.6. The lowest BCUT2D eigenvalue weighted by Crippen LogP contribution is -2.29. The van der Waals surface area contributed by atoms with Crippen molar-refractivity contribution in [2.24, 2.45) is 0 Å². The van der Waals surface area contributed by atoms with Crippen LogP contribution in [0.1, 0.15) is 23.5 Å². The minimum absolute atomic E-state index is 0.165. The molecule has 2 aromatic carbocycles. The third kappa shape index (κ3) is 2.48. The smallest absolute Gasteiger partial charge is 0.241 e. The molecule has 4 nitrogen and oxygen atoms in total. The third-order valence-corrected chi connectivity index (χ3v) is 3.92. The Bertz CT molecular complexity index is 721. The highest BCUT2D eigenvalue weighted by Crippen LogP contribution is 2.33. The van der Waals surface area contributed by atoms with Gasteiger partial charge >= 0.3 is 0 Å². The van der Waals surface area contributed by atoms with E-state index >= 15 is 0 Å². The summed E-state index contributed by atoms with van der Waals surface area (Å²) >= 11 is 0. The molecule has 1 saturated heterocycles. The summed E-state index contributed by atoms with van der Waals surface area (Å²) in [6.07, 6.45) is 0.217. The van der Waals surface area contributed by atoms with Gasteiger partial charge < -0.3 is 4.74 Å². The Morgan fingerprint density at radius 1 is 1.09 bits per heavy atom. The number of methoxy groups -OCH3 is 1. The fraction of sp³-hybridized carbons (Fsp3) is 0.222. The maximum Gasteiger partial charge on any atom is 0.241 e. The van der Waals surface area contributed by atoms with Gasteiger partial charge in [-0.3, -0.25) is 14.5 Å². The Morgan fingerprint density at radius 2 is 1.82 bits per heavy atom. The van der Waals surface area contributed by atoms with Gasteiger partial charge in [0.1, 0.15) is 5.75 Å². The number of carbonyl (C=O) groups is 2. The van der Waals surface area contributed by atoms with Crippen molar-refractivity contribution in [1.82, 2.24) is 0 Å². The molecule has 2 amide bonds. The summed E-state index contributed by atoms with van der Waals surface area (Å²) in [6, 6.07) is 14.7. The number of amides is 2. The molecule has 0 saturated carbocycles. The summed E-state index contributed by atoms with van der Waals surface area (Å²) < 4.78 is 5.10. The maximum atomic E-state index is 12.7. The van der Waals surface area contributed by atoms with Gasteiger partial charge in [-0.15, -0.1) is 0 Å². The molecule has 1 atom stereocenters. The number of nitrogens with zero attached hydrogens (tertiary/aromatic N) is 1. The molecule has 0 N–H and O–H groups in total.